The fourth-order valence-electron chi connectivity index (χ4n) is 2.43. The van der Waals surface area contributed by atoms with E-state index in [1.807, 2.05) is 6.07 Å². The summed E-state index contributed by atoms with van der Waals surface area (Å²) in [7, 11) is 0. The van der Waals surface area contributed by atoms with Crippen molar-refractivity contribution in [3.8, 4) is 0 Å². The van der Waals surface area contributed by atoms with Crippen molar-refractivity contribution in [2.45, 2.75) is 18.6 Å². The van der Waals surface area contributed by atoms with Gasteiger partial charge in [-0.05, 0) is 27.6 Å². The summed E-state index contributed by atoms with van der Waals surface area (Å²) in [5.74, 6) is 0.472. The molecular weight excluding hydrogens is 277 g/mol. The Morgan fingerprint density at radius 3 is 3.13 bits per heavy atom. The molecule has 0 aliphatic carbocycles. The Morgan fingerprint density at radius 2 is 2.27 bits per heavy atom. The van der Waals surface area contributed by atoms with Gasteiger partial charge in [0.1, 0.15) is 0 Å². The predicted molar refractivity (Wildman–Crippen MR) is 63.3 cm³/mol. The number of nitrogens with one attached hydrogen (secondary N) is 1. The highest BCUT2D eigenvalue weighted by Crippen LogP contribution is 2.39. The van der Waals surface area contributed by atoms with Gasteiger partial charge >= 0.3 is 0 Å². The van der Waals surface area contributed by atoms with Gasteiger partial charge in [0.05, 0.1) is 17.7 Å². The first-order valence-electron chi connectivity index (χ1n) is 5.06. The van der Waals surface area contributed by atoms with Crippen molar-refractivity contribution >= 4 is 27.5 Å². The normalized spacial score (nSPS) is 28.7. The van der Waals surface area contributed by atoms with Crippen molar-refractivity contribution in [3.05, 3.63) is 32.8 Å². The predicted octanol–water partition coefficient (Wildman–Crippen LogP) is 2.69. The smallest absolute Gasteiger partial charge is 0.0784 e. The fraction of sp³-hybridized carbons (Fsp3) is 0.455. The molecule has 1 N–H and O–H groups in total. The molecule has 1 fully saturated rings. The lowest BCUT2D eigenvalue weighted by Gasteiger charge is -2.28. The van der Waals surface area contributed by atoms with Crippen LogP contribution in [-0.4, -0.2) is 19.2 Å². The van der Waals surface area contributed by atoms with E-state index in [0.717, 1.165) is 28.1 Å². The van der Waals surface area contributed by atoms with E-state index in [0.29, 0.717) is 18.6 Å². The third-order valence-electron chi connectivity index (χ3n) is 3.23. The molecule has 0 saturated carbocycles. The molecular formula is C11H11BrClNO. The largest absolute Gasteiger partial charge is 0.371 e. The highest BCUT2D eigenvalue weighted by Gasteiger charge is 2.35. The van der Waals surface area contributed by atoms with Gasteiger partial charge in [0.2, 0.25) is 0 Å². The van der Waals surface area contributed by atoms with E-state index in [9.17, 15) is 0 Å². The van der Waals surface area contributed by atoms with Crippen LogP contribution < -0.4 is 5.32 Å². The Bertz CT molecular complexity index is 410. The molecule has 1 aromatic carbocycles. The highest BCUT2D eigenvalue weighted by atomic mass is 79.9. The number of ether oxygens (including phenoxy) is 1. The van der Waals surface area contributed by atoms with Crippen LogP contribution in [0.25, 0.3) is 0 Å². The molecule has 2 atom stereocenters. The summed E-state index contributed by atoms with van der Waals surface area (Å²) in [6.07, 6.45) is 0.328. The number of hydrogen-bond acceptors (Lipinski definition) is 2. The molecule has 2 nitrogen and oxygen atoms in total. The van der Waals surface area contributed by atoms with Crippen molar-refractivity contribution in [1.29, 1.82) is 0 Å². The molecule has 2 aliphatic heterocycles. The Morgan fingerprint density at radius 1 is 1.40 bits per heavy atom. The van der Waals surface area contributed by atoms with Crippen LogP contribution in [0.4, 0.5) is 0 Å². The van der Waals surface area contributed by atoms with Crippen LogP contribution in [0.15, 0.2) is 16.6 Å². The molecule has 1 saturated heterocycles. The Balaban J connectivity index is 2.11. The molecule has 15 heavy (non-hydrogen) atoms. The zero-order chi connectivity index (χ0) is 10.4. The molecule has 4 heteroatoms. The summed E-state index contributed by atoms with van der Waals surface area (Å²) >= 11 is 9.70. The molecule has 2 unspecified atom stereocenters. The second-order valence-corrected chi connectivity index (χ2v) is 5.28. The Kier molecular flexibility index (Phi) is 2.51. The van der Waals surface area contributed by atoms with Crippen LogP contribution in [0.1, 0.15) is 17.0 Å². The number of halogens is 2. The maximum absolute atomic E-state index is 6.25. The molecule has 1 aromatic rings. The van der Waals surface area contributed by atoms with Gasteiger partial charge in [-0.1, -0.05) is 17.7 Å². The van der Waals surface area contributed by atoms with E-state index in [1.54, 1.807) is 0 Å². The topological polar surface area (TPSA) is 21.3 Å². The first-order chi connectivity index (χ1) is 7.27. The van der Waals surface area contributed by atoms with Crippen LogP contribution in [0.5, 0.6) is 0 Å². The first-order valence-corrected chi connectivity index (χ1v) is 6.23. The van der Waals surface area contributed by atoms with Crippen molar-refractivity contribution in [2.75, 3.05) is 13.1 Å². The molecule has 2 heterocycles. The number of rotatable bonds is 0. The summed E-state index contributed by atoms with van der Waals surface area (Å²) < 4.78 is 6.75. The average Bonchev–Trinajstić information content (AvgIpc) is 2.71. The van der Waals surface area contributed by atoms with Gasteiger partial charge < -0.3 is 10.1 Å². The monoisotopic (exact) mass is 287 g/mol. The average molecular weight is 289 g/mol. The number of benzene rings is 1. The van der Waals surface area contributed by atoms with Crippen molar-refractivity contribution in [2.24, 2.45) is 0 Å². The van der Waals surface area contributed by atoms with Gasteiger partial charge in [-0.3, -0.25) is 0 Å². The molecule has 2 aliphatic rings. The van der Waals surface area contributed by atoms with Gasteiger partial charge in [0.25, 0.3) is 0 Å². The quantitative estimate of drug-likeness (QED) is 0.792. The summed E-state index contributed by atoms with van der Waals surface area (Å²) in [5.41, 5.74) is 2.50. The van der Waals surface area contributed by atoms with Crippen LogP contribution in [0.2, 0.25) is 5.02 Å². The summed E-state index contributed by atoms with van der Waals surface area (Å²) in [6.45, 7) is 2.59. The number of hydrogen-bond donors (Lipinski definition) is 1. The molecule has 3 rings (SSSR count). The summed E-state index contributed by atoms with van der Waals surface area (Å²) in [5, 5.41) is 4.16. The van der Waals surface area contributed by atoms with Gasteiger partial charge in [0, 0.05) is 29.0 Å². The van der Waals surface area contributed by atoms with E-state index < -0.39 is 0 Å². The highest BCUT2D eigenvalue weighted by molar-refractivity contribution is 9.10. The van der Waals surface area contributed by atoms with Crippen LogP contribution in [0.3, 0.4) is 0 Å². The number of fused-ring (bicyclic) bond motifs is 3. The van der Waals surface area contributed by atoms with E-state index in [4.69, 9.17) is 16.3 Å². The van der Waals surface area contributed by atoms with Crippen molar-refractivity contribution < 1.29 is 4.74 Å². The first kappa shape index (κ1) is 10.1. The summed E-state index contributed by atoms with van der Waals surface area (Å²) in [4.78, 5) is 0. The summed E-state index contributed by atoms with van der Waals surface area (Å²) in [6, 6.07) is 4.19. The van der Waals surface area contributed by atoms with Crippen LogP contribution >= 0.6 is 27.5 Å². The maximum atomic E-state index is 6.25. The van der Waals surface area contributed by atoms with E-state index in [-0.39, 0.29) is 0 Å². The minimum absolute atomic E-state index is 0.328. The molecule has 80 valence electrons. The zero-order valence-corrected chi connectivity index (χ0v) is 10.4. The minimum Gasteiger partial charge on any atom is -0.371 e. The lowest BCUT2D eigenvalue weighted by atomic mass is 9.90. The van der Waals surface area contributed by atoms with E-state index >= 15 is 0 Å². The van der Waals surface area contributed by atoms with Crippen molar-refractivity contribution in [3.63, 3.8) is 0 Å². The third-order valence-corrected chi connectivity index (χ3v) is 4.55. The third kappa shape index (κ3) is 1.53. The van der Waals surface area contributed by atoms with Gasteiger partial charge in [0.15, 0.2) is 0 Å². The zero-order valence-electron chi connectivity index (χ0n) is 8.09. The standard InChI is InChI=1S/C11H11BrClNO/c12-9-2-1-6-7-3-14-4-10(7)15-5-8(6)11(9)13/h1-2,7,10,14H,3-5H2. The van der Waals surface area contributed by atoms with Gasteiger partial charge in [-0.25, -0.2) is 0 Å². The molecule has 0 radical (unpaired) electrons. The Labute approximate surface area is 102 Å². The SMILES string of the molecule is Clc1c(Br)ccc2c1COC1CNCC21. The van der Waals surface area contributed by atoms with Gasteiger partial charge in [-0.2, -0.15) is 0 Å². The maximum Gasteiger partial charge on any atom is 0.0784 e. The lowest BCUT2D eigenvalue weighted by Crippen LogP contribution is -2.27. The second-order valence-electron chi connectivity index (χ2n) is 4.04. The van der Waals surface area contributed by atoms with E-state index in [2.05, 4.69) is 27.3 Å². The second kappa shape index (κ2) is 3.74. The van der Waals surface area contributed by atoms with E-state index in [1.165, 1.54) is 5.56 Å². The minimum atomic E-state index is 0.328. The fourth-order valence-corrected chi connectivity index (χ4v) is 3.03. The molecule has 0 amide bonds. The molecule has 0 aromatic heterocycles. The lowest BCUT2D eigenvalue weighted by molar-refractivity contribution is 0.0299. The van der Waals surface area contributed by atoms with Crippen molar-refractivity contribution in [1.82, 2.24) is 5.32 Å². The Hall–Kier alpha value is -0.0900. The van der Waals surface area contributed by atoms with Crippen LogP contribution in [0, 0.1) is 0 Å². The van der Waals surface area contributed by atoms with Gasteiger partial charge in [-0.15, -0.1) is 0 Å². The molecule has 0 bridgehead atoms. The molecule has 0 spiro atoms. The van der Waals surface area contributed by atoms with Crippen LogP contribution in [-0.2, 0) is 11.3 Å².